The van der Waals surface area contributed by atoms with Crippen LogP contribution in [0.5, 0.6) is 0 Å². The molecule has 1 unspecified atom stereocenters. The van der Waals surface area contributed by atoms with Gasteiger partial charge in [0.2, 0.25) is 0 Å². The highest BCUT2D eigenvalue weighted by Crippen LogP contribution is 2.39. The molecule has 0 bridgehead atoms. The highest BCUT2D eigenvalue weighted by molar-refractivity contribution is 7.92. The average molecular weight is 444 g/mol. The van der Waals surface area contributed by atoms with Gasteiger partial charge >= 0.3 is 0 Å². The van der Waals surface area contributed by atoms with Crippen LogP contribution in [0.3, 0.4) is 0 Å². The minimum absolute atomic E-state index is 0.171. The summed E-state index contributed by atoms with van der Waals surface area (Å²) in [7, 11) is -3.15. The number of hydrogen-bond donors (Lipinski definition) is 1. The van der Waals surface area contributed by atoms with Crippen LogP contribution in [0.4, 0.5) is 0 Å². The SMILES string of the molecule is O=S(=O)(c1ccc(C(Cc2cc3ncc(Cl)nc3[nH]2)C2CCCCC2)cc1)C1CC1. The first-order chi connectivity index (χ1) is 14.5. The van der Waals surface area contributed by atoms with Crippen LogP contribution in [0.15, 0.2) is 41.4 Å². The maximum absolute atomic E-state index is 12.6. The number of aromatic nitrogens is 3. The summed E-state index contributed by atoms with van der Waals surface area (Å²) in [5.41, 5.74) is 3.85. The third-order valence-corrected chi connectivity index (χ3v) is 9.08. The van der Waals surface area contributed by atoms with Crippen LogP contribution in [-0.2, 0) is 16.3 Å². The second kappa shape index (κ2) is 7.97. The van der Waals surface area contributed by atoms with Gasteiger partial charge in [0.25, 0.3) is 0 Å². The Morgan fingerprint density at radius 2 is 1.80 bits per heavy atom. The Kier molecular flexibility index (Phi) is 5.31. The molecule has 2 saturated carbocycles. The lowest BCUT2D eigenvalue weighted by Gasteiger charge is -2.30. The molecule has 1 atom stereocenters. The number of fused-ring (bicyclic) bond motifs is 1. The van der Waals surface area contributed by atoms with E-state index in [1.807, 2.05) is 24.3 Å². The number of sulfone groups is 1. The Hall–Kier alpha value is -1.92. The number of H-pyrrole nitrogens is 1. The number of nitrogens with one attached hydrogen (secondary N) is 1. The number of benzene rings is 1. The molecule has 0 radical (unpaired) electrons. The van der Waals surface area contributed by atoms with E-state index in [0.717, 1.165) is 30.5 Å². The van der Waals surface area contributed by atoms with Crippen LogP contribution in [0.25, 0.3) is 11.2 Å². The van der Waals surface area contributed by atoms with Crippen molar-refractivity contribution >= 4 is 32.6 Å². The van der Waals surface area contributed by atoms with Gasteiger partial charge in [-0.25, -0.2) is 18.4 Å². The predicted molar refractivity (Wildman–Crippen MR) is 119 cm³/mol. The van der Waals surface area contributed by atoms with E-state index < -0.39 is 9.84 Å². The molecule has 7 heteroatoms. The lowest BCUT2D eigenvalue weighted by Crippen LogP contribution is -2.19. The molecule has 2 fully saturated rings. The topological polar surface area (TPSA) is 75.7 Å². The zero-order chi connectivity index (χ0) is 20.7. The van der Waals surface area contributed by atoms with Crippen molar-refractivity contribution in [2.24, 2.45) is 5.92 Å². The van der Waals surface area contributed by atoms with Gasteiger partial charge in [0, 0.05) is 5.69 Å². The van der Waals surface area contributed by atoms with Gasteiger partial charge in [-0.1, -0.05) is 43.0 Å². The normalized spacial score (nSPS) is 19.2. The number of halogens is 1. The summed E-state index contributed by atoms with van der Waals surface area (Å²) >= 11 is 5.99. The van der Waals surface area contributed by atoms with E-state index in [0.29, 0.717) is 27.5 Å². The van der Waals surface area contributed by atoms with Gasteiger partial charge in [0.1, 0.15) is 10.7 Å². The van der Waals surface area contributed by atoms with E-state index in [1.165, 1.54) is 37.7 Å². The van der Waals surface area contributed by atoms with E-state index in [2.05, 4.69) is 21.0 Å². The Labute approximate surface area is 182 Å². The first-order valence-electron chi connectivity index (χ1n) is 10.8. The minimum atomic E-state index is -3.15. The minimum Gasteiger partial charge on any atom is -0.342 e. The van der Waals surface area contributed by atoms with Gasteiger partial charge in [-0.3, -0.25) is 0 Å². The van der Waals surface area contributed by atoms with Gasteiger partial charge in [0.15, 0.2) is 15.5 Å². The van der Waals surface area contributed by atoms with Crippen molar-refractivity contribution in [3.63, 3.8) is 0 Å². The fraction of sp³-hybridized carbons (Fsp3) is 0.478. The second-order valence-corrected chi connectivity index (χ2v) is 11.4. The maximum Gasteiger partial charge on any atom is 0.181 e. The Morgan fingerprint density at radius 1 is 1.07 bits per heavy atom. The van der Waals surface area contributed by atoms with Crippen molar-refractivity contribution in [3.05, 3.63) is 52.9 Å². The molecule has 158 valence electrons. The molecule has 5 nitrogen and oxygen atoms in total. The van der Waals surface area contributed by atoms with Crippen LogP contribution in [-0.4, -0.2) is 28.6 Å². The van der Waals surface area contributed by atoms with E-state index in [-0.39, 0.29) is 5.25 Å². The predicted octanol–water partition coefficient (Wildman–Crippen LogP) is 5.45. The molecule has 2 aliphatic rings. The smallest absolute Gasteiger partial charge is 0.181 e. The molecule has 5 rings (SSSR count). The highest BCUT2D eigenvalue weighted by atomic mass is 35.5. The molecule has 3 aromatic rings. The van der Waals surface area contributed by atoms with Crippen molar-refractivity contribution < 1.29 is 8.42 Å². The molecular weight excluding hydrogens is 418 g/mol. The van der Waals surface area contributed by atoms with Crippen LogP contribution >= 0.6 is 11.6 Å². The summed E-state index contributed by atoms with van der Waals surface area (Å²) in [5.74, 6) is 0.937. The summed E-state index contributed by atoms with van der Waals surface area (Å²) in [5, 5.41) is 0.211. The van der Waals surface area contributed by atoms with Gasteiger partial charge in [-0.05, 0) is 67.7 Å². The third kappa shape index (κ3) is 4.00. The van der Waals surface area contributed by atoms with Crippen LogP contribution in [0.1, 0.15) is 62.1 Å². The zero-order valence-corrected chi connectivity index (χ0v) is 18.4. The lowest BCUT2D eigenvalue weighted by atomic mass is 9.75. The van der Waals surface area contributed by atoms with Crippen molar-refractivity contribution in [1.82, 2.24) is 15.0 Å². The molecule has 2 aromatic heterocycles. The highest BCUT2D eigenvalue weighted by Gasteiger charge is 2.37. The lowest BCUT2D eigenvalue weighted by molar-refractivity contribution is 0.301. The van der Waals surface area contributed by atoms with Crippen molar-refractivity contribution in [2.75, 3.05) is 0 Å². The number of hydrogen-bond acceptors (Lipinski definition) is 4. The standard InChI is InChI=1S/C23H26ClN3O2S/c24-22-14-25-21-13-17(26-23(21)27-22)12-20(15-4-2-1-3-5-15)16-6-8-18(9-7-16)30(28,29)19-10-11-19/h6-9,13-15,19-20H,1-5,10-12H2,(H,26,27). The quantitative estimate of drug-likeness (QED) is 0.549. The zero-order valence-electron chi connectivity index (χ0n) is 16.9. The average Bonchev–Trinajstić information content (AvgIpc) is 3.54. The van der Waals surface area contributed by atoms with E-state index in [9.17, 15) is 8.42 Å². The Morgan fingerprint density at radius 3 is 2.50 bits per heavy atom. The van der Waals surface area contributed by atoms with Crippen LogP contribution in [0, 0.1) is 5.92 Å². The molecule has 1 aromatic carbocycles. The molecule has 0 amide bonds. The van der Waals surface area contributed by atoms with Gasteiger partial charge in [-0.15, -0.1) is 0 Å². The molecule has 2 heterocycles. The largest absolute Gasteiger partial charge is 0.342 e. The van der Waals surface area contributed by atoms with Crippen LogP contribution in [0.2, 0.25) is 5.15 Å². The van der Waals surface area contributed by atoms with Crippen molar-refractivity contribution in [3.8, 4) is 0 Å². The van der Waals surface area contributed by atoms with Gasteiger partial charge < -0.3 is 4.98 Å². The van der Waals surface area contributed by atoms with Crippen LogP contribution < -0.4 is 0 Å². The molecular formula is C23H26ClN3O2S. The molecule has 0 saturated heterocycles. The first kappa shape index (κ1) is 20.0. The molecule has 1 N–H and O–H groups in total. The number of aromatic amines is 1. The number of rotatable bonds is 6. The summed E-state index contributed by atoms with van der Waals surface area (Å²) in [6, 6.07) is 9.75. The molecule has 30 heavy (non-hydrogen) atoms. The Bertz CT molecular complexity index is 1150. The third-order valence-electron chi connectivity index (χ3n) is 6.62. The monoisotopic (exact) mass is 443 g/mol. The number of nitrogens with zero attached hydrogens (tertiary/aromatic N) is 2. The Balaban J connectivity index is 1.45. The fourth-order valence-corrected chi connectivity index (χ4v) is 6.63. The summed E-state index contributed by atoms with van der Waals surface area (Å²) < 4.78 is 25.1. The van der Waals surface area contributed by atoms with Crippen molar-refractivity contribution in [2.45, 2.75) is 67.4 Å². The molecule has 0 spiro atoms. The van der Waals surface area contributed by atoms with E-state index in [4.69, 9.17) is 11.6 Å². The summed E-state index contributed by atoms with van der Waals surface area (Å²) in [4.78, 5) is 12.5. The molecule has 2 aliphatic carbocycles. The fourth-order valence-electron chi connectivity index (χ4n) is 4.84. The first-order valence-corrected chi connectivity index (χ1v) is 12.8. The summed E-state index contributed by atoms with van der Waals surface area (Å²) in [6.45, 7) is 0. The van der Waals surface area contributed by atoms with Crippen molar-refractivity contribution in [1.29, 1.82) is 0 Å². The summed E-state index contributed by atoms with van der Waals surface area (Å²) in [6.07, 6.45) is 10.3. The van der Waals surface area contributed by atoms with Gasteiger partial charge in [-0.2, -0.15) is 0 Å². The van der Waals surface area contributed by atoms with E-state index >= 15 is 0 Å². The van der Waals surface area contributed by atoms with Gasteiger partial charge in [0.05, 0.1) is 16.3 Å². The molecule has 0 aliphatic heterocycles. The second-order valence-electron chi connectivity index (χ2n) is 8.74. The van der Waals surface area contributed by atoms with E-state index in [1.54, 1.807) is 6.20 Å². The maximum atomic E-state index is 12.6.